The van der Waals surface area contributed by atoms with Crippen molar-refractivity contribution < 1.29 is 9.59 Å². The van der Waals surface area contributed by atoms with Crippen molar-refractivity contribution >= 4 is 29.1 Å². The Hall–Kier alpha value is -1.37. The number of hydrogen-bond acceptors (Lipinski definition) is 3. The molecule has 2 aliphatic rings. The molecule has 0 aromatic rings. The van der Waals surface area contributed by atoms with E-state index < -0.39 is 0 Å². The van der Waals surface area contributed by atoms with Crippen molar-refractivity contribution in [3.63, 3.8) is 0 Å². The predicted octanol–water partition coefficient (Wildman–Crippen LogP) is -0.0752. The largest absolute Gasteiger partial charge is 0.393 e. The van der Waals surface area contributed by atoms with Crippen LogP contribution in [0.5, 0.6) is 0 Å². The van der Waals surface area contributed by atoms with Gasteiger partial charge in [-0.2, -0.15) is 0 Å². The van der Waals surface area contributed by atoms with Gasteiger partial charge >= 0.3 is 6.03 Å². The number of nitrogens with zero attached hydrogens (tertiary/aromatic N) is 2. The zero-order chi connectivity index (χ0) is 14.0. The van der Waals surface area contributed by atoms with Crippen LogP contribution in [-0.4, -0.2) is 58.9 Å². The summed E-state index contributed by atoms with van der Waals surface area (Å²) in [5, 5.41) is 2.80. The van der Waals surface area contributed by atoms with E-state index in [0.717, 1.165) is 6.42 Å². The third-order valence-corrected chi connectivity index (χ3v) is 4.05. The Morgan fingerprint density at radius 3 is 2.95 bits per heavy atom. The summed E-state index contributed by atoms with van der Waals surface area (Å²) in [6.07, 6.45) is 1.56. The summed E-state index contributed by atoms with van der Waals surface area (Å²) >= 11 is 4.99. The van der Waals surface area contributed by atoms with Crippen LogP contribution in [0.25, 0.3) is 0 Å². The van der Waals surface area contributed by atoms with Gasteiger partial charge in [-0.3, -0.25) is 4.79 Å². The molecule has 0 spiro atoms. The third-order valence-electron chi connectivity index (χ3n) is 3.76. The first-order chi connectivity index (χ1) is 9.04. The molecule has 6 nitrogen and oxygen atoms in total. The number of nitrogens with two attached hydrogens (primary N) is 1. The normalized spacial score (nSPS) is 23.8. The molecule has 0 bridgehead atoms. The maximum absolute atomic E-state index is 12.4. The van der Waals surface area contributed by atoms with Crippen molar-refractivity contribution in [2.75, 3.05) is 26.2 Å². The van der Waals surface area contributed by atoms with Crippen LogP contribution >= 0.6 is 12.2 Å². The predicted molar refractivity (Wildman–Crippen MR) is 75.7 cm³/mol. The summed E-state index contributed by atoms with van der Waals surface area (Å²) < 4.78 is 0. The van der Waals surface area contributed by atoms with Crippen LogP contribution in [0.3, 0.4) is 0 Å². The summed E-state index contributed by atoms with van der Waals surface area (Å²) in [6, 6.07) is 0.0513. The van der Waals surface area contributed by atoms with Crippen molar-refractivity contribution in [1.82, 2.24) is 15.1 Å². The summed E-state index contributed by atoms with van der Waals surface area (Å²) in [5.74, 6) is -0.357. The molecule has 0 radical (unpaired) electrons. The lowest BCUT2D eigenvalue weighted by atomic mass is 10.0. The minimum atomic E-state index is -0.364. The molecule has 7 heteroatoms. The minimum absolute atomic E-state index is 0.00773. The second kappa shape index (κ2) is 5.73. The smallest absolute Gasteiger partial charge is 0.317 e. The van der Waals surface area contributed by atoms with Crippen molar-refractivity contribution in [2.24, 2.45) is 11.7 Å². The SMILES string of the molecule is CCCC(C(=O)N1CCN2C(=O)NCC2C1)C(N)=S. The van der Waals surface area contributed by atoms with E-state index in [1.165, 1.54) is 0 Å². The molecule has 2 fully saturated rings. The zero-order valence-corrected chi connectivity index (χ0v) is 11.9. The van der Waals surface area contributed by atoms with Crippen molar-refractivity contribution in [2.45, 2.75) is 25.8 Å². The Labute approximate surface area is 118 Å². The molecule has 0 aliphatic carbocycles. The standard InChI is InChI=1S/C12H20N4O2S/c1-2-3-9(10(13)19)11(17)15-4-5-16-8(7-15)6-14-12(16)18/h8-9H,2-7H2,1H3,(H2,13,19)(H,14,18). The number of piperazine rings is 1. The van der Waals surface area contributed by atoms with Gasteiger partial charge in [0.25, 0.3) is 0 Å². The molecule has 2 atom stereocenters. The number of urea groups is 1. The highest BCUT2D eigenvalue weighted by Gasteiger charge is 2.38. The maximum atomic E-state index is 12.4. The molecule has 19 heavy (non-hydrogen) atoms. The molecule has 0 saturated carbocycles. The van der Waals surface area contributed by atoms with E-state index in [1.807, 2.05) is 6.92 Å². The summed E-state index contributed by atoms with van der Waals surface area (Å²) in [6.45, 7) is 4.33. The van der Waals surface area contributed by atoms with Crippen LogP contribution in [0.1, 0.15) is 19.8 Å². The van der Waals surface area contributed by atoms with Gasteiger partial charge in [-0.1, -0.05) is 25.6 Å². The zero-order valence-electron chi connectivity index (χ0n) is 11.1. The Morgan fingerprint density at radius 1 is 1.58 bits per heavy atom. The summed E-state index contributed by atoms with van der Waals surface area (Å²) in [5.41, 5.74) is 5.67. The Balaban J connectivity index is 2.00. The van der Waals surface area contributed by atoms with Crippen molar-refractivity contribution in [3.8, 4) is 0 Å². The van der Waals surface area contributed by atoms with Crippen LogP contribution in [0.15, 0.2) is 0 Å². The Morgan fingerprint density at radius 2 is 2.32 bits per heavy atom. The molecule has 2 unspecified atom stereocenters. The monoisotopic (exact) mass is 284 g/mol. The molecular weight excluding hydrogens is 264 g/mol. The molecule has 2 saturated heterocycles. The lowest BCUT2D eigenvalue weighted by Gasteiger charge is -2.37. The van der Waals surface area contributed by atoms with E-state index >= 15 is 0 Å². The number of hydrogen-bond donors (Lipinski definition) is 2. The van der Waals surface area contributed by atoms with E-state index in [4.69, 9.17) is 18.0 Å². The number of amides is 3. The second-order valence-electron chi connectivity index (χ2n) is 5.06. The highest BCUT2D eigenvalue weighted by atomic mass is 32.1. The van der Waals surface area contributed by atoms with Gasteiger partial charge in [0.05, 0.1) is 16.9 Å². The first-order valence-corrected chi connectivity index (χ1v) is 7.08. The van der Waals surface area contributed by atoms with Crippen LogP contribution in [0, 0.1) is 5.92 Å². The van der Waals surface area contributed by atoms with E-state index in [9.17, 15) is 9.59 Å². The molecule has 2 heterocycles. The van der Waals surface area contributed by atoms with Crippen LogP contribution < -0.4 is 11.1 Å². The molecule has 3 N–H and O–H groups in total. The van der Waals surface area contributed by atoms with Crippen LogP contribution in [0.4, 0.5) is 4.79 Å². The highest BCUT2D eigenvalue weighted by Crippen LogP contribution is 2.18. The van der Waals surface area contributed by atoms with E-state index in [2.05, 4.69) is 5.32 Å². The molecular formula is C12H20N4O2S. The number of carbonyl (C=O) groups excluding carboxylic acids is 2. The molecule has 0 aromatic heterocycles. The fourth-order valence-corrected chi connectivity index (χ4v) is 2.92. The first-order valence-electron chi connectivity index (χ1n) is 6.67. The van der Waals surface area contributed by atoms with E-state index in [1.54, 1.807) is 9.80 Å². The van der Waals surface area contributed by atoms with Gasteiger partial charge in [0.15, 0.2) is 0 Å². The first kappa shape index (κ1) is 14.0. The second-order valence-corrected chi connectivity index (χ2v) is 5.53. The van der Waals surface area contributed by atoms with Crippen molar-refractivity contribution in [1.29, 1.82) is 0 Å². The molecule has 2 aliphatic heterocycles. The summed E-state index contributed by atoms with van der Waals surface area (Å²) in [7, 11) is 0. The fraction of sp³-hybridized carbons (Fsp3) is 0.750. The number of carbonyl (C=O) groups is 2. The van der Waals surface area contributed by atoms with Gasteiger partial charge in [-0.15, -0.1) is 0 Å². The van der Waals surface area contributed by atoms with Crippen LogP contribution in [0.2, 0.25) is 0 Å². The third kappa shape index (κ3) is 2.80. The van der Waals surface area contributed by atoms with Crippen LogP contribution in [-0.2, 0) is 4.79 Å². The molecule has 3 amide bonds. The fourth-order valence-electron chi connectivity index (χ4n) is 2.70. The Bertz CT molecular complexity index is 401. The lowest BCUT2D eigenvalue weighted by molar-refractivity contribution is -0.135. The van der Waals surface area contributed by atoms with Gasteiger partial charge in [0.2, 0.25) is 5.91 Å². The maximum Gasteiger partial charge on any atom is 0.317 e. The van der Waals surface area contributed by atoms with E-state index in [0.29, 0.717) is 32.6 Å². The number of rotatable bonds is 4. The van der Waals surface area contributed by atoms with Gasteiger partial charge < -0.3 is 20.9 Å². The van der Waals surface area contributed by atoms with Gasteiger partial charge in [0.1, 0.15) is 0 Å². The Kier molecular flexibility index (Phi) is 4.24. The lowest BCUT2D eigenvalue weighted by Crippen LogP contribution is -2.55. The molecule has 106 valence electrons. The number of nitrogens with one attached hydrogen (secondary N) is 1. The minimum Gasteiger partial charge on any atom is -0.393 e. The summed E-state index contributed by atoms with van der Waals surface area (Å²) in [4.78, 5) is 27.8. The van der Waals surface area contributed by atoms with Crippen molar-refractivity contribution in [3.05, 3.63) is 0 Å². The average molecular weight is 284 g/mol. The molecule has 0 aromatic carbocycles. The number of thiocarbonyl (C=S) groups is 1. The number of fused-ring (bicyclic) bond motifs is 1. The average Bonchev–Trinajstić information content (AvgIpc) is 2.76. The van der Waals surface area contributed by atoms with Gasteiger partial charge in [0, 0.05) is 26.2 Å². The van der Waals surface area contributed by atoms with Gasteiger partial charge in [-0.25, -0.2) is 4.79 Å². The topological polar surface area (TPSA) is 78.7 Å². The van der Waals surface area contributed by atoms with E-state index in [-0.39, 0.29) is 28.9 Å². The van der Waals surface area contributed by atoms with Gasteiger partial charge in [-0.05, 0) is 6.42 Å². The molecule has 2 rings (SSSR count). The quantitative estimate of drug-likeness (QED) is 0.708. The highest BCUT2D eigenvalue weighted by molar-refractivity contribution is 7.80.